The van der Waals surface area contributed by atoms with E-state index >= 15 is 0 Å². The van der Waals surface area contributed by atoms with Crippen LogP contribution in [0.4, 0.5) is 0 Å². The summed E-state index contributed by atoms with van der Waals surface area (Å²) in [5.74, 6) is 0. The highest BCUT2D eigenvalue weighted by molar-refractivity contribution is 6.30. The van der Waals surface area contributed by atoms with Gasteiger partial charge in [0.05, 0.1) is 19.3 Å². The molecule has 0 spiro atoms. The fourth-order valence-electron chi connectivity index (χ4n) is 2.69. The van der Waals surface area contributed by atoms with Gasteiger partial charge < -0.3 is 10.1 Å². The molecule has 3 rings (SSSR count). The molecule has 0 saturated heterocycles. The van der Waals surface area contributed by atoms with Gasteiger partial charge in [-0.15, -0.1) is 0 Å². The lowest BCUT2D eigenvalue weighted by Crippen LogP contribution is -2.31. The Morgan fingerprint density at radius 1 is 1.20 bits per heavy atom. The number of hydrogen-bond acceptors (Lipinski definition) is 2. The maximum absolute atomic E-state index is 6.06. The number of nitrogens with one attached hydrogen (secondary N) is 1. The molecular weight excluding hydrogens is 270 g/mol. The summed E-state index contributed by atoms with van der Waals surface area (Å²) in [6.45, 7) is 3.57. The second-order valence-corrected chi connectivity index (χ2v) is 5.65. The highest BCUT2D eigenvalue weighted by atomic mass is 35.5. The Balaban J connectivity index is 1.79. The van der Waals surface area contributed by atoms with Crippen LogP contribution in [0, 0.1) is 0 Å². The van der Waals surface area contributed by atoms with Gasteiger partial charge in [-0.3, -0.25) is 0 Å². The summed E-state index contributed by atoms with van der Waals surface area (Å²) in [4.78, 5) is 0. The number of benzene rings is 2. The quantitative estimate of drug-likeness (QED) is 0.911. The van der Waals surface area contributed by atoms with Crippen molar-refractivity contribution in [2.75, 3.05) is 6.61 Å². The minimum absolute atomic E-state index is 0.230. The van der Waals surface area contributed by atoms with Gasteiger partial charge in [-0.1, -0.05) is 48.0 Å². The Hall–Kier alpha value is -1.35. The van der Waals surface area contributed by atoms with Crippen molar-refractivity contribution in [2.24, 2.45) is 0 Å². The van der Waals surface area contributed by atoms with E-state index in [2.05, 4.69) is 42.6 Å². The van der Waals surface area contributed by atoms with Crippen LogP contribution in [0.1, 0.15) is 35.7 Å². The summed E-state index contributed by atoms with van der Waals surface area (Å²) in [5.41, 5.74) is 3.81. The number of ether oxygens (including phenoxy) is 1. The Morgan fingerprint density at radius 2 is 2.05 bits per heavy atom. The second kappa shape index (κ2) is 5.96. The van der Waals surface area contributed by atoms with Crippen molar-refractivity contribution in [3.63, 3.8) is 0 Å². The van der Waals surface area contributed by atoms with E-state index in [1.807, 2.05) is 18.2 Å². The van der Waals surface area contributed by atoms with Crippen molar-refractivity contribution in [1.29, 1.82) is 0 Å². The van der Waals surface area contributed by atoms with Gasteiger partial charge in [0.2, 0.25) is 0 Å². The van der Waals surface area contributed by atoms with E-state index in [1.165, 1.54) is 16.7 Å². The van der Waals surface area contributed by atoms with Crippen LogP contribution < -0.4 is 5.32 Å². The summed E-state index contributed by atoms with van der Waals surface area (Å²) in [6, 6.07) is 16.9. The second-order valence-electron chi connectivity index (χ2n) is 5.21. The molecular formula is C17H18ClNO. The van der Waals surface area contributed by atoms with E-state index in [1.54, 1.807) is 0 Å². The normalized spacial score (nSPS) is 19.4. The highest BCUT2D eigenvalue weighted by Crippen LogP contribution is 2.27. The lowest BCUT2D eigenvalue weighted by molar-refractivity contribution is 0.0791. The van der Waals surface area contributed by atoms with Gasteiger partial charge in [0.15, 0.2) is 0 Å². The van der Waals surface area contributed by atoms with Crippen molar-refractivity contribution < 1.29 is 4.74 Å². The molecule has 104 valence electrons. The van der Waals surface area contributed by atoms with Crippen molar-refractivity contribution in [3.8, 4) is 0 Å². The molecule has 0 bridgehead atoms. The standard InChI is InChI=1S/C17H18ClNO/c1-12(13-6-4-7-15(18)9-13)19-17-11-20-10-14-5-2-3-8-16(14)17/h2-9,12,17,19H,10-11H2,1H3/t12-,17?/m0/s1. The van der Waals surface area contributed by atoms with E-state index in [9.17, 15) is 0 Å². The van der Waals surface area contributed by atoms with Crippen LogP contribution in [0.5, 0.6) is 0 Å². The van der Waals surface area contributed by atoms with Crippen LogP contribution in [0.25, 0.3) is 0 Å². The number of fused-ring (bicyclic) bond motifs is 1. The molecule has 1 N–H and O–H groups in total. The molecule has 2 nitrogen and oxygen atoms in total. The first kappa shape index (κ1) is 13.6. The molecule has 1 aliphatic rings. The van der Waals surface area contributed by atoms with Crippen LogP contribution in [0.2, 0.25) is 5.02 Å². The molecule has 0 aromatic heterocycles. The molecule has 0 amide bonds. The van der Waals surface area contributed by atoms with Crippen LogP contribution in [-0.2, 0) is 11.3 Å². The van der Waals surface area contributed by atoms with E-state index in [0.29, 0.717) is 13.2 Å². The van der Waals surface area contributed by atoms with Gasteiger partial charge in [-0.25, -0.2) is 0 Å². The van der Waals surface area contributed by atoms with Gasteiger partial charge in [-0.05, 0) is 35.7 Å². The van der Waals surface area contributed by atoms with Gasteiger partial charge in [0, 0.05) is 11.1 Å². The van der Waals surface area contributed by atoms with Crippen molar-refractivity contribution in [3.05, 3.63) is 70.2 Å². The fourth-order valence-corrected chi connectivity index (χ4v) is 2.89. The third kappa shape index (κ3) is 2.88. The zero-order valence-electron chi connectivity index (χ0n) is 11.5. The van der Waals surface area contributed by atoms with E-state index in [4.69, 9.17) is 16.3 Å². The topological polar surface area (TPSA) is 21.3 Å². The molecule has 0 aliphatic carbocycles. The van der Waals surface area contributed by atoms with Crippen LogP contribution >= 0.6 is 11.6 Å². The summed E-state index contributed by atoms with van der Waals surface area (Å²) in [6.07, 6.45) is 0. The molecule has 1 unspecified atom stereocenters. The summed E-state index contributed by atoms with van der Waals surface area (Å²) >= 11 is 6.06. The fraction of sp³-hybridized carbons (Fsp3) is 0.294. The average Bonchev–Trinajstić information content (AvgIpc) is 2.47. The minimum atomic E-state index is 0.230. The Labute approximate surface area is 124 Å². The predicted octanol–water partition coefficient (Wildman–Crippen LogP) is 4.26. The molecule has 2 aromatic carbocycles. The van der Waals surface area contributed by atoms with Crippen molar-refractivity contribution in [1.82, 2.24) is 5.32 Å². The first-order valence-corrected chi connectivity index (χ1v) is 7.29. The van der Waals surface area contributed by atoms with Crippen molar-refractivity contribution in [2.45, 2.75) is 25.6 Å². The zero-order chi connectivity index (χ0) is 13.9. The van der Waals surface area contributed by atoms with Gasteiger partial charge in [-0.2, -0.15) is 0 Å². The van der Waals surface area contributed by atoms with Crippen LogP contribution in [0.3, 0.4) is 0 Å². The van der Waals surface area contributed by atoms with Gasteiger partial charge >= 0.3 is 0 Å². The molecule has 1 aliphatic heterocycles. The monoisotopic (exact) mass is 287 g/mol. The average molecular weight is 288 g/mol. The van der Waals surface area contributed by atoms with Crippen LogP contribution in [0.15, 0.2) is 48.5 Å². The lowest BCUT2D eigenvalue weighted by atomic mass is 9.97. The minimum Gasteiger partial charge on any atom is -0.375 e. The molecule has 0 fully saturated rings. The molecule has 20 heavy (non-hydrogen) atoms. The number of halogens is 1. The molecule has 3 heteroatoms. The Bertz CT molecular complexity index is 599. The summed E-state index contributed by atoms with van der Waals surface area (Å²) < 4.78 is 5.68. The lowest BCUT2D eigenvalue weighted by Gasteiger charge is -2.29. The summed E-state index contributed by atoms with van der Waals surface area (Å²) in [5, 5.41) is 4.41. The zero-order valence-corrected chi connectivity index (χ0v) is 12.2. The maximum Gasteiger partial charge on any atom is 0.0721 e. The number of rotatable bonds is 3. The van der Waals surface area contributed by atoms with Crippen molar-refractivity contribution >= 4 is 11.6 Å². The first-order chi connectivity index (χ1) is 9.74. The number of hydrogen-bond donors (Lipinski definition) is 1. The molecule has 2 aromatic rings. The molecule has 0 radical (unpaired) electrons. The smallest absolute Gasteiger partial charge is 0.0721 e. The van der Waals surface area contributed by atoms with E-state index in [0.717, 1.165) is 5.02 Å². The largest absolute Gasteiger partial charge is 0.375 e. The van der Waals surface area contributed by atoms with E-state index in [-0.39, 0.29) is 12.1 Å². The summed E-state index contributed by atoms with van der Waals surface area (Å²) in [7, 11) is 0. The third-order valence-electron chi connectivity index (χ3n) is 3.77. The SMILES string of the molecule is C[C@H](NC1COCc2ccccc21)c1cccc(Cl)c1. The van der Waals surface area contributed by atoms with Crippen LogP contribution in [-0.4, -0.2) is 6.61 Å². The Kier molecular flexibility index (Phi) is 4.06. The Morgan fingerprint density at radius 3 is 2.90 bits per heavy atom. The third-order valence-corrected chi connectivity index (χ3v) is 4.01. The van der Waals surface area contributed by atoms with E-state index < -0.39 is 0 Å². The molecule has 1 heterocycles. The molecule has 0 saturated carbocycles. The highest BCUT2D eigenvalue weighted by Gasteiger charge is 2.22. The molecule has 2 atom stereocenters. The van der Waals surface area contributed by atoms with Gasteiger partial charge in [0.1, 0.15) is 0 Å². The first-order valence-electron chi connectivity index (χ1n) is 6.91. The van der Waals surface area contributed by atoms with Gasteiger partial charge in [0.25, 0.3) is 0 Å². The predicted molar refractivity (Wildman–Crippen MR) is 81.8 cm³/mol. The maximum atomic E-state index is 6.06.